The van der Waals surface area contributed by atoms with E-state index in [4.69, 9.17) is 10.00 Å². The van der Waals surface area contributed by atoms with Crippen LogP contribution in [-0.4, -0.2) is 32.2 Å². The van der Waals surface area contributed by atoms with E-state index in [1.807, 2.05) is 25.1 Å². The van der Waals surface area contributed by atoms with Crippen LogP contribution in [0.4, 0.5) is 5.69 Å². The van der Waals surface area contributed by atoms with E-state index in [2.05, 4.69) is 20.8 Å². The number of carbonyl (C=O) groups excluding carboxylic acids is 1. The predicted molar refractivity (Wildman–Crippen MR) is 93.8 cm³/mol. The summed E-state index contributed by atoms with van der Waals surface area (Å²) in [4.78, 5) is 12.3. The number of nitrogens with one attached hydrogen (secondary N) is 1. The number of benzene rings is 2. The molecule has 0 saturated heterocycles. The maximum Gasteiger partial charge on any atom is 0.265 e. The van der Waals surface area contributed by atoms with E-state index in [9.17, 15) is 4.79 Å². The fourth-order valence-corrected chi connectivity index (χ4v) is 2.37. The van der Waals surface area contributed by atoms with Crippen LogP contribution < -0.4 is 10.1 Å². The van der Waals surface area contributed by atoms with Gasteiger partial charge >= 0.3 is 0 Å². The van der Waals surface area contributed by atoms with E-state index in [1.165, 1.54) is 6.33 Å². The molecule has 2 aromatic carbocycles. The molecule has 0 bridgehead atoms. The molecule has 1 amide bonds. The van der Waals surface area contributed by atoms with Gasteiger partial charge in [-0.1, -0.05) is 0 Å². The van der Waals surface area contributed by atoms with Gasteiger partial charge in [0.1, 0.15) is 12.1 Å². The van der Waals surface area contributed by atoms with Crippen molar-refractivity contribution in [3.8, 4) is 17.5 Å². The minimum Gasteiger partial charge on any atom is -0.481 e. The quantitative estimate of drug-likeness (QED) is 0.758. The number of rotatable bonds is 5. The number of aryl methyl sites for hydroxylation is 1. The first-order chi connectivity index (χ1) is 12.6. The van der Waals surface area contributed by atoms with Gasteiger partial charge in [0.25, 0.3) is 5.91 Å². The third kappa shape index (κ3) is 3.84. The summed E-state index contributed by atoms with van der Waals surface area (Å²) >= 11 is 0. The van der Waals surface area contributed by atoms with Crippen LogP contribution in [0.2, 0.25) is 0 Å². The van der Waals surface area contributed by atoms with Crippen molar-refractivity contribution in [1.82, 2.24) is 20.2 Å². The summed E-state index contributed by atoms with van der Waals surface area (Å²) in [6, 6.07) is 14.1. The summed E-state index contributed by atoms with van der Waals surface area (Å²) in [7, 11) is 0. The molecule has 26 heavy (non-hydrogen) atoms. The van der Waals surface area contributed by atoms with Gasteiger partial charge in [-0.05, 0) is 72.3 Å². The SMILES string of the molecule is Cc1cc(NC(=O)C(C)Oc2ccc(C#N)cc2)ccc1-n1cnnn1. The van der Waals surface area contributed by atoms with Gasteiger partial charge in [0, 0.05) is 5.69 Å². The lowest BCUT2D eigenvalue weighted by molar-refractivity contribution is -0.122. The van der Waals surface area contributed by atoms with Crippen molar-refractivity contribution in [3.63, 3.8) is 0 Å². The van der Waals surface area contributed by atoms with Crippen molar-refractivity contribution >= 4 is 11.6 Å². The Labute approximate surface area is 150 Å². The lowest BCUT2D eigenvalue weighted by atomic mass is 10.1. The monoisotopic (exact) mass is 348 g/mol. The fraction of sp³-hybridized carbons (Fsp3) is 0.167. The van der Waals surface area contributed by atoms with Gasteiger partial charge in [-0.3, -0.25) is 4.79 Å². The van der Waals surface area contributed by atoms with Crippen LogP contribution in [0.25, 0.3) is 5.69 Å². The third-order valence-corrected chi connectivity index (χ3v) is 3.73. The van der Waals surface area contributed by atoms with Crippen LogP contribution in [0.3, 0.4) is 0 Å². The van der Waals surface area contributed by atoms with E-state index in [1.54, 1.807) is 41.9 Å². The predicted octanol–water partition coefficient (Wildman–Crippen LogP) is 2.25. The first-order valence-corrected chi connectivity index (χ1v) is 7.88. The number of amides is 1. The second-order valence-electron chi connectivity index (χ2n) is 5.64. The Morgan fingerprint density at radius 2 is 2.04 bits per heavy atom. The summed E-state index contributed by atoms with van der Waals surface area (Å²) in [5.41, 5.74) is 2.93. The Balaban J connectivity index is 1.65. The van der Waals surface area contributed by atoms with Crippen molar-refractivity contribution in [2.45, 2.75) is 20.0 Å². The number of anilines is 1. The van der Waals surface area contributed by atoms with Gasteiger partial charge in [0.15, 0.2) is 6.10 Å². The number of carbonyl (C=O) groups is 1. The largest absolute Gasteiger partial charge is 0.481 e. The van der Waals surface area contributed by atoms with Crippen molar-refractivity contribution in [2.75, 3.05) is 5.32 Å². The van der Waals surface area contributed by atoms with Gasteiger partial charge < -0.3 is 10.1 Å². The number of tetrazole rings is 1. The van der Waals surface area contributed by atoms with Crippen molar-refractivity contribution in [1.29, 1.82) is 5.26 Å². The molecule has 0 radical (unpaired) electrons. The Bertz CT molecular complexity index is 945. The standard InChI is InChI=1S/C18H16N6O2/c1-12-9-15(5-8-17(12)24-11-20-22-23-24)21-18(25)13(2)26-16-6-3-14(10-19)4-7-16/h3-9,11,13H,1-2H3,(H,21,25). The molecular formula is C18H16N6O2. The van der Waals surface area contributed by atoms with Gasteiger partial charge in [0.2, 0.25) is 0 Å². The molecule has 3 rings (SSSR count). The maximum atomic E-state index is 12.3. The van der Waals surface area contributed by atoms with Crippen molar-refractivity contribution < 1.29 is 9.53 Å². The maximum absolute atomic E-state index is 12.3. The molecule has 3 aromatic rings. The van der Waals surface area contributed by atoms with Gasteiger partial charge in [-0.2, -0.15) is 5.26 Å². The molecule has 1 heterocycles. The molecule has 1 aromatic heterocycles. The highest BCUT2D eigenvalue weighted by Gasteiger charge is 2.15. The number of nitriles is 1. The van der Waals surface area contributed by atoms with Gasteiger partial charge in [0.05, 0.1) is 17.3 Å². The van der Waals surface area contributed by atoms with Gasteiger partial charge in [-0.25, -0.2) is 4.68 Å². The highest BCUT2D eigenvalue weighted by atomic mass is 16.5. The lowest BCUT2D eigenvalue weighted by Gasteiger charge is -2.15. The second kappa shape index (κ2) is 7.44. The molecule has 0 aliphatic heterocycles. The van der Waals surface area contributed by atoms with Gasteiger partial charge in [-0.15, -0.1) is 5.10 Å². The molecule has 0 aliphatic carbocycles. The van der Waals surface area contributed by atoms with E-state index in [0.717, 1.165) is 11.3 Å². The van der Waals surface area contributed by atoms with E-state index in [0.29, 0.717) is 17.0 Å². The number of hydrogen-bond donors (Lipinski definition) is 1. The number of ether oxygens (including phenoxy) is 1. The molecule has 8 nitrogen and oxygen atoms in total. The number of aromatic nitrogens is 4. The van der Waals surface area contributed by atoms with E-state index < -0.39 is 6.10 Å². The van der Waals surface area contributed by atoms with Crippen LogP contribution in [0.15, 0.2) is 48.8 Å². The summed E-state index contributed by atoms with van der Waals surface area (Å²) < 4.78 is 7.16. The van der Waals surface area contributed by atoms with Crippen molar-refractivity contribution in [2.24, 2.45) is 0 Å². The van der Waals surface area contributed by atoms with Crippen LogP contribution in [0.1, 0.15) is 18.1 Å². The zero-order chi connectivity index (χ0) is 18.5. The lowest BCUT2D eigenvalue weighted by Crippen LogP contribution is -2.30. The average Bonchev–Trinajstić information content (AvgIpc) is 3.16. The first-order valence-electron chi connectivity index (χ1n) is 7.88. The Hall–Kier alpha value is -3.73. The summed E-state index contributed by atoms with van der Waals surface area (Å²) in [5, 5.41) is 22.7. The summed E-state index contributed by atoms with van der Waals surface area (Å²) in [5.74, 6) is 0.251. The zero-order valence-corrected chi connectivity index (χ0v) is 14.2. The summed E-state index contributed by atoms with van der Waals surface area (Å²) in [6.45, 7) is 3.57. The minimum absolute atomic E-state index is 0.274. The molecule has 8 heteroatoms. The fourth-order valence-electron chi connectivity index (χ4n) is 2.37. The number of nitrogens with zero attached hydrogens (tertiary/aromatic N) is 5. The molecule has 0 fully saturated rings. The molecule has 1 N–H and O–H groups in total. The second-order valence-corrected chi connectivity index (χ2v) is 5.64. The number of hydrogen-bond acceptors (Lipinski definition) is 6. The third-order valence-electron chi connectivity index (χ3n) is 3.73. The average molecular weight is 348 g/mol. The molecule has 0 saturated carbocycles. The molecule has 0 aliphatic rings. The molecular weight excluding hydrogens is 332 g/mol. The zero-order valence-electron chi connectivity index (χ0n) is 14.2. The smallest absolute Gasteiger partial charge is 0.265 e. The summed E-state index contributed by atoms with van der Waals surface area (Å²) in [6.07, 6.45) is 0.816. The van der Waals surface area contributed by atoms with E-state index in [-0.39, 0.29) is 5.91 Å². The van der Waals surface area contributed by atoms with Crippen LogP contribution in [0.5, 0.6) is 5.75 Å². The highest BCUT2D eigenvalue weighted by molar-refractivity contribution is 5.94. The molecule has 130 valence electrons. The Morgan fingerprint density at radius 1 is 1.27 bits per heavy atom. The Kier molecular flexibility index (Phi) is 4.90. The van der Waals surface area contributed by atoms with Crippen LogP contribution in [-0.2, 0) is 4.79 Å². The first kappa shape index (κ1) is 17.1. The molecule has 1 atom stereocenters. The van der Waals surface area contributed by atoms with E-state index >= 15 is 0 Å². The minimum atomic E-state index is -0.692. The van der Waals surface area contributed by atoms with Crippen molar-refractivity contribution in [3.05, 3.63) is 59.9 Å². The normalized spacial score (nSPS) is 11.4. The van der Waals surface area contributed by atoms with Crippen LogP contribution >= 0.6 is 0 Å². The van der Waals surface area contributed by atoms with Crippen LogP contribution in [0, 0.1) is 18.3 Å². The Morgan fingerprint density at radius 3 is 2.65 bits per heavy atom. The highest BCUT2D eigenvalue weighted by Crippen LogP contribution is 2.19. The molecule has 1 unspecified atom stereocenters. The molecule has 0 spiro atoms. The topological polar surface area (TPSA) is 106 Å².